The molecule has 1 amide bonds. The second-order valence-electron chi connectivity index (χ2n) is 4.57. The van der Waals surface area contributed by atoms with E-state index < -0.39 is 34.5 Å². The third kappa shape index (κ3) is 3.04. The van der Waals surface area contributed by atoms with E-state index in [1.54, 1.807) is 0 Å². The van der Waals surface area contributed by atoms with Gasteiger partial charge >= 0.3 is 5.97 Å². The first-order chi connectivity index (χ1) is 10.4. The van der Waals surface area contributed by atoms with Crippen molar-refractivity contribution in [2.45, 2.75) is 10.9 Å². The molecule has 1 aromatic rings. The Labute approximate surface area is 128 Å². The molecule has 120 valence electrons. The molecule has 1 atom stereocenters. The van der Waals surface area contributed by atoms with Crippen molar-refractivity contribution in [3.8, 4) is 5.75 Å². The van der Waals surface area contributed by atoms with E-state index in [-0.39, 0.29) is 11.4 Å². The number of esters is 1. The van der Waals surface area contributed by atoms with Gasteiger partial charge in [-0.3, -0.25) is 9.59 Å². The van der Waals surface area contributed by atoms with Crippen LogP contribution in [0.5, 0.6) is 5.75 Å². The average Bonchev–Trinajstić information content (AvgIpc) is 2.54. The van der Waals surface area contributed by atoms with Gasteiger partial charge in [-0.2, -0.15) is 4.31 Å². The van der Waals surface area contributed by atoms with E-state index in [4.69, 9.17) is 4.74 Å². The van der Waals surface area contributed by atoms with E-state index in [0.29, 0.717) is 5.75 Å². The summed E-state index contributed by atoms with van der Waals surface area (Å²) in [6, 6.07) is 4.60. The van der Waals surface area contributed by atoms with Crippen LogP contribution in [0.25, 0.3) is 0 Å². The minimum Gasteiger partial charge on any atom is -0.497 e. The number of hydrogen-bond donors (Lipinski definition) is 1. The summed E-state index contributed by atoms with van der Waals surface area (Å²) >= 11 is 0. The van der Waals surface area contributed by atoms with Crippen LogP contribution in [0.3, 0.4) is 0 Å². The zero-order chi connectivity index (χ0) is 16.3. The zero-order valence-electron chi connectivity index (χ0n) is 12.1. The molecule has 0 aromatic heterocycles. The number of methoxy groups -OCH3 is 2. The molecule has 8 nitrogen and oxygen atoms in total. The molecule has 2 rings (SSSR count). The van der Waals surface area contributed by atoms with Gasteiger partial charge in [-0.25, -0.2) is 8.42 Å². The molecule has 1 heterocycles. The van der Waals surface area contributed by atoms with E-state index in [9.17, 15) is 18.0 Å². The Balaban J connectivity index is 2.38. The lowest BCUT2D eigenvalue weighted by Gasteiger charge is -2.32. The summed E-state index contributed by atoms with van der Waals surface area (Å²) in [5.41, 5.74) is 0. The number of nitrogens with zero attached hydrogens (tertiary/aromatic N) is 1. The highest BCUT2D eigenvalue weighted by molar-refractivity contribution is 7.89. The summed E-state index contributed by atoms with van der Waals surface area (Å²) in [5, 5.41) is 2.45. The smallest absolute Gasteiger partial charge is 0.326 e. The van der Waals surface area contributed by atoms with Crippen molar-refractivity contribution in [2.24, 2.45) is 0 Å². The number of carbonyl (C=O) groups excluding carboxylic acids is 2. The van der Waals surface area contributed by atoms with Gasteiger partial charge in [0.25, 0.3) is 0 Å². The average molecular weight is 328 g/mol. The molecule has 1 unspecified atom stereocenters. The van der Waals surface area contributed by atoms with E-state index in [2.05, 4.69) is 10.1 Å². The molecule has 1 aliphatic heterocycles. The lowest BCUT2D eigenvalue weighted by atomic mass is 10.2. The SMILES string of the molecule is COC(=O)C1CNC(=O)CN1S(=O)(=O)c1ccc(OC)cc1. The van der Waals surface area contributed by atoms with Crippen LogP contribution in [0, 0.1) is 0 Å². The van der Waals surface area contributed by atoms with Crippen molar-refractivity contribution in [1.82, 2.24) is 9.62 Å². The van der Waals surface area contributed by atoms with Gasteiger partial charge in [0.15, 0.2) is 0 Å². The minimum absolute atomic E-state index is 0.0306. The third-order valence-electron chi connectivity index (χ3n) is 3.28. The van der Waals surface area contributed by atoms with Gasteiger partial charge in [-0.1, -0.05) is 0 Å². The summed E-state index contributed by atoms with van der Waals surface area (Å²) in [5.74, 6) is -0.700. The fourth-order valence-corrected chi connectivity index (χ4v) is 3.63. The van der Waals surface area contributed by atoms with Crippen LogP contribution < -0.4 is 10.1 Å². The van der Waals surface area contributed by atoms with Gasteiger partial charge < -0.3 is 14.8 Å². The summed E-state index contributed by atoms with van der Waals surface area (Å²) in [7, 11) is -1.38. The Morgan fingerprint density at radius 2 is 1.91 bits per heavy atom. The number of amides is 1. The van der Waals surface area contributed by atoms with Gasteiger partial charge in [-0.15, -0.1) is 0 Å². The van der Waals surface area contributed by atoms with Crippen LogP contribution in [-0.4, -0.2) is 58.0 Å². The summed E-state index contributed by atoms with van der Waals surface area (Å²) < 4.78 is 35.7. The number of hydrogen-bond acceptors (Lipinski definition) is 6. The van der Waals surface area contributed by atoms with Crippen LogP contribution >= 0.6 is 0 Å². The first-order valence-corrected chi connectivity index (χ1v) is 7.84. The highest BCUT2D eigenvalue weighted by Gasteiger charge is 2.41. The van der Waals surface area contributed by atoms with Crippen LogP contribution in [0.1, 0.15) is 0 Å². The van der Waals surface area contributed by atoms with E-state index in [1.807, 2.05) is 0 Å². The molecule has 1 aliphatic rings. The number of rotatable bonds is 4. The molecule has 0 bridgehead atoms. The van der Waals surface area contributed by atoms with Crippen molar-refractivity contribution in [1.29, 1.82) is 0 Å². The lowest BCUT2D eigenvalue weighted by molar-refractivity contribution is -0.146. The molecular formula is C13H16N2O6S. The van der Waals surface area contributed by atoms with Crippen molar-refractivity contribution in [2.75, 3.05) is 27.3 Å². The maximum Gasteiger partial charge on any atom is 0.326 e. The molecule has 22 heavy (non-hydrogen) atoms. The van der Waals surface area contributed by atoms with Crippen molar-refractivity contribution >= 4 is 21.9 Å². The molecule has 0 saturated carbocycles. The number of nitrogens with one attached hydrogen (secondary N) is 1. The normalized spacial score (nSPS) is 19.4. The van der Waals surface area contributed by atoms with Gasteiger partial charge in [-0.05, 0) is 24.3 Å². The van der Waals surface area contributed by atoms with E-state index in [1.165, 1.54) is 31.4 Å². The van der Waals surface area contributed by atoms with Gasteiger partial charge in [0.2, 0.25) is 15.9 Å². The summed E-state index contributed by atoms with van der Waals surface area (Å²) in [6.07, 6.45) is 0. The number of sulfonamides is 1. The molecule has 1 saturated heterocycles. The largest absolute Gasteiger partial charge is 0.497 e. The second-order valence-corrected chi connectivity index (χ2v) is 6.46. The van der Waals surface area contributed by atoms with E-state index in [0.717, 1.165) is 11.4 Å². The topological polar surface area (TPSA) is 102 Å². The number of benzene rings is 1. The molecule has 9 heteroatoms. The maximum atomic E-state index is 12.7. The Hall–Kier alpha value is -2.13. The lowest BCUT2D eigenvalue weighted by Crippen LogP contribution is -2.59. The molecule has 0 spiro atoms. The predicted octanol–water partition coefficient (Wildman–Crippen LogP) is -0.643. The van der Waals surface area contributed by atoms with Crippen molar-refractivity contribution in [3.05, 3.63) is 24.3 Å². The second kappa shape index (κ2) is 6.32. The van der Waals surface area contributed by atoms with Crippen LogP contribution in [-0.2, 0) is 24.3 Å². The third-order valence-corrected chi connectivity index (χ3v) is 5.15. The minimum atomic E-state index is -4.01. The van der Waals surface area contributed by atoms with Gasteiger partial charge in [0.05, 0.1) is 25.7 Å². The monoisotopic (exact) mass is 328 g/mol. The summed E-state index contributed by atoms with van der Waals surface area (Å²) in [4.78, 5) is 23.3. The number of ether oxygens (including phenoxy) is 2. The Morgan fingerprint density at radius 1 is 1.27 bits per heavy atom. The van der Waals surface area contributed by atoms with Gasteiger partial charge in [0.1, 0.15) is 11.8 Å². The first kappa shape index (κ1) is 16.2. The Morgan fingerprint density at radius 3 is 2.45 bits per heavy atom. The number of piperazine rings is 1. The molecule has 0 radical (unpaired) electrons. The Kier molecular flexibility index (Phi) is 4.67. The van der Waals surface area contributed by atoms with E-state index >= 15 is 0 Å². The summed E-state index contributed by atoms with van der Waals surface area (Å²) in [6.45, 7) is -0.560. The molecule has 1 N–H and O–H groups in total. The van der Waals surface area contributed by atoms with Crippen LogP contribution in [0.4, 0.5) is 0 Å². The quantitative estimate of drug-likeness (QED) is 0.738. The fraction of sp³-hybridized carbons (Fsp3) is 0.385. The van der Waals surface area contributed by atoms with Crippen molar-refractivity contribution in [3.63, 3.8) is 0 Å². The predicted molar refractivity (Wildman–Crippen MR) is 75.7 cm³/mol. The molecule has 1 aromatic carbocycles. The van der Waals surface area contributed by atoms with Crippen LogP contribution in [0.15, 0.2) is 29.2 Å². The van der Waals surface area contributed by atoms with Gasteiger partial charge in [0, 0.05) is 6.54 Å². The molecular weight excluding hydrogens is 312 g/mol. The van der Waals surface area contributed by atoms with Crippen molar-refractivity contribution < 1.29 is 27.5 Å². The maximum absolute atomic E-state index is 12.7. The fourth-order valence-electron chi connectivity index (χ4n) is 2.09. The number of carbonyl (C=O) groups is 2. The highest BCUT2D eigenvalue weighted by Crippen LogP contribution is 2.22. The van der Waals surface area contributed by atoms with Crippen LogP contribution in [0.2, 0.25) is 0 Å². The Bertz CT molecular complexity index is 670. The molecule has 0 aliphatic carbocycles. The zero-order valence-corrected chi connectivity index (χ0v) is 12.9. The first-order valence-electron chi connectivity index (χ1n) is 6.40. The standard InChI is InChI=1S/C13H16N2O6S/c1-20-9-3-5-10(6-4-9)22(18,19)15-8-12(16)14-7-11(15)13(17)21-2/h3-6,11H,7-8H2,1-2H3,(H,14,16). The molecule has 1 fully saturated rings. The highest BCUT2D eigenvalue weighted by atomic mass is 32.2.